The molecule has 1 amide bonds. The van der Waals surface area contributed by atoms with Gasteiger partial charge in [0, 0.05) is 18.2 Å². The van der Waals surface area contributed by atoms with Crippen LogP contribution in [0.25, 0.3) is 16.7 Å². The van der Waals surface area contributed by atoms with E-state index in [-0.39, 0.29) is 11.9 Å². The summed E-state index contributed by atoms with van der Waals surface area (Å²) < 4.78 is 11.3. The number of carbonyl (C=O) groups excluding carboxylic acids is 1. The lowest BCUT2D eigenvalue weighted by Crippen LogP contribution is -2.42. The normalized spacial score (nSPS) is 17.6. The summed E-state index contributed by atoms with van der Waals surface area (Å²) in [5, 5.41) is 0. The van der Waals surface area contributed by atoms with Crippen molar-refractivity contribution in [1.82, 2.24) is 4.90 Å². The van der Waals surface area contributed by atoms with Crippen molar-refractivity contribution in [1.29, 1.82) is 0 Å². The number of ether oxygens (including phenoxy) is 2. The van der Waals surface area contributed by atoms with Crippen LogP contribution in [0, 0.1) is 0 Å². The van der Waals surface area contributed by atoms with Crippen molar-refractivity contribution >= 4 is 11.5 Å². The highest BCUT2D eigenvalue weighted by Crippen LogP contribution is 2.34. The van der Waals surface area contributed by atoms with Crippen molar-refractivity contribution in [3.63, 3.8) is 0 Å². The second-order valence-corrected chi connectivity index (χ2v) is 8.26. The Hall–Kier alpha value is -3.53. The fraction of sp³-hybridized carbons (Fsp3) is 0.250. The molecule has 0 aromatic heterocycles. The Morgan fingerprint density at radius 3 is 2.44 bits per heavy atom. The first kappa shape index (κ1) is 20.4. The van der Waals surface area contributed by atoms with Gasteiger partial charge in [0.25, 0.3) is 5.91 Å². The molecule has 32 heavy (non-hydrogen) atoms. The molecule has 2 aliphatic rings. The predicted octanol–water partition coefficient (Wildman–Crippen LogP) is 5.83. The molecule has 0 bridgehead atoms. The standard InChI is InChI=1S/C28H27NO3/c1-2-25-18-23(22-10-6-9-21(17-22)20-7-4-3-5-8-20)13-14-29(25)28(30)24-11-12-26-27(19-24)32-16-15-31-26/h3-13,17,19,25H,2,14-16,18H2,1H3. The van der Waals surface area contributed by atoms with E-state index >= 15 is 0 Å². The molecule has 0 spiro atoms. The lowest BCUT2D eigenvalue weighted by molar-refractivity contribution is 0.0692. The smallest absolute Gasteiger partial charge is 0.254 e. The van der Waals surface area contributed by atoms with Gasteiger partial charge in [0.05, 0.1) is 0 Å². The van der Waals surface area contributed by atoms with E-state index in [0.29, 0.717) is 36.8 Å². The molecular weight excluding hydrogens is 398 g/mol. The van der Waals surface area contributed by atoms with Gasteiger partial charge in [-0.05, 0) is 59.4 Å². The Bertz CT molecular complexity index is 1150. The number of hydrogen-bond donors (Lipinski definition) is 0. The minimum Gasteiger partial charge on any atom is -0.486 e. The van der Waals surface area contributed by atoms with Gasteiger partial charge in [-0.1, -0.05) is 61.5 Å². The van der Waals surface area contributed by atoms with E-state index < -0.39 is 0 Å². The van der Waals surface area contributed by atoms with Gasteiger partial charge >= 0.3 is 0 Å². The van der Waals surface area contributed by atoms with Crippen LogP contribution in [0.15, 0.2) is 78.9 Å². The highest BCUT2D eigenvalue weighted by Gasteiger charge is 2.28. The molecule has 0 radical (unpaired) electrons. The first-order valence-corrected chi connectivity index (χ1v) is 11.3. The molecule has 0 saturated carbocycles. The second kappa shape index (κ2) is 8.91. The summed E-state index contributed by atoms with van der Waals surface area (Å²) in [6, 6.07) is 24.8. The first-order valence-electron chi connectivity index (χ1n) is 11.3. The number of hydrogen-bond acceptors (Lipinski definition) is 3. The Morgan fingerprint density at radius 2 is 1.62 bits per heavy atom. The summed E-state index contributed by atoms with van der Waals surface area (Å²) in [5.74, 6) is 1.40. The molecule has 4 heteroatoms. The van der Waals surface area contributed by atoms with Crippen molar-refractivity contribution in [2.75, 3.05) is 19.8 Å². The number of nitrogens with zero attached hydrogens (tertiary/aromatic N) is 1. The molecule has 1 unspecified atom stereocenters. The van der Waals surface area contributed by atoms with Crippen molar-refractivity contribution < 1.29 is 14.3 Å². The van der Waals surface area contributed by atoms with E-state index in [1.165, 1.54) is 22.3 Å². The second-order valence-electron chi connectivity index (χ2n) is 8.26. The molecule has 2 aliphatic heterocycles. The maximum atomic E-state index is 13.3. The fourth-order valence-corrected chi connectivity index (χ4v) is 4.53. The molecule has 0 fully saturated rings. The summed E-state index contributed by atoms with van der Waals surface area (Å²) in [5.41, 5.74) is 5.62. The molecule has 4 nitrogen and oxygen atoms in total. The number of benzene rings is 3. The van der Waals surface area contributed by atoms with E-state index in [1.807, 2.05) is 29.2 Å². The average molecular weight is 426 g/mol. The average Bonchev–Trinajstić information content (AvgIpc) is 2.88. The van der Waals surface area contributed by atoms with E-state index in [2.05, 4.69) is 61.5 Å². The van der Waals surface area contributed by atoms with E-state index in [9.17, 15) is 4.79 Å². The Kier molecular flexibility index (Phi) is 5.68. The molecule has 0 aliphatic carbocycles. The molecule has 1 atom stereocenters. The summed E-state index contributed by atoms with van der Waals surface area (Å²) in [4.78, 5) is 15.3. The zero-order valence-electron chi connectivity index (χ0n) is 18.3. The van der Waals surface area contributed by atoms with Crippen molar-refractivity contribution in [2.24, 2.45) is 0 Å². The van der Waals surface area contributed by atoms with Gasteiger partial charge in [0.1, 0.15) is 13.2 Å². The van der Waals surface area contributed by atoms with Gasteiger partial charge in [-0.3, -0.25) is 4.79 Å². The van der Waals surface area contributed by atoms with Crippen LogP contribution in [0.1, 0.15) is 35.7 Å². The minimum absolute atomic E-state index is 0.0437. The third kappa shape index (κ3) is 4.01. The SMILES string of the molecule is CCC1CC(c2cccc(-c3ccccc3)c2)=CCN1C(=O)c1ccc2c(c1)OCCO2. The Labute approximate surface area is 189 Å². The van der Waals surface area contributed by atoms with E-state index in [4.69, 9.17) is 9.47 Å². The number of fused-ring (bicyclic) bond motifs is 1. The minimum atomic E-state index is 0.0437. The fourth-order valence-electron chi connectivity index (χ4n) is 4.53. The predicted molar refractivity (Wildman–Crippen MR) is 127 cm³/mol. The van der Waals surface area contributed by atoms with Crippen LogP contribution in [0.3, 0.4) is 0 Å². The van der Waals surface area contributed by atoms with Crippen LogP contribution < -0.4 is 9.47 Å². The monoisotopic (exact) mass is 425 g/mol. The number of carbonyl (C=O) groups is 1. The summed E-state index contributed by atoms with van der Waals surface area (Å²) in [6.45, 7) is 3.82. The van der Waals surface area contributed by atoms with Gasteiger partial charge in [-0.2, -0.15) is 0 Å². The van der Waals surface area contributed by atoms with Crippen LogP contribution in [-0.2, 0) is 0 Å². The maximum Gasteiger partial charge on any atom is 0.254 e. The zero-order chi connectivity index (χ0) is 21.9. The lowest BCUT2D eigenvalue weighted by atomic mass is 9.90. The quantitative estimate of drug-likeness (QED) is 0.528. The largest absolute Gasteiger partial charge is 0.486 e. The van der Waals surface area contributed by atoms with Gasteiger partial charge < -0.3 is 14.4 Å². The van der Waals surface area contributed by atoms with Crippen LogP contribution in [0.4, 0.5) is 0 Å². The number of amides is 1. The van der Waals surface area contributed by atoms with Gasteiger partial charge in [0.15, 0.2) is 11.5 Å². The first-order chi connectivity index (χ1) is 15.7. The van der Waals surface area contributed by atoms with Crippen molar-refractivity contribution in [3.05, 3.63) is 90.0 Å². The van der Waals surface area contributed by atoms with Crippen LogP contribution >= 0.6 is 0 Å². The molecule has 5 rings (SSSR count). The molecule has 0 saturated heterocycles. The number of rotatable bonds is 4. The highest BCUT2D eigenvalue weighted by molar-refractivity contribution is 5.96. The molecule has 162 valence electrons. The van der Waals surface area contributed by atoms with Crippen molar-refractivity contribution in [2.45, 2.75) is 25.8 Å². The highest BCUT2D eigenvalue weighted by atomic mass is 16.6. The van der Waals surface area contributed by atoms with Gasteiger partial charge in [-0.15, -0.1) is 0 Å². The topological polar surface area (TPSA) is 38.8 Å². The van der Waals surface area contributed by atoms with Crippen LogP contribution in [0.5, 0.6) is 11.5 Å². The maximum absolute atomic E-state index is 13.3. The third-order valence-corrected chi connectivity index (χ3v) is 6.29. The van der Waals surface area contributed by atoms with Crippen molar-refractivity contribution in [3.8, 4) is 22.6 Å². The van der Waals surface area contributed by atoms with Gasteiger partial charge in [0.2, 0.25) is 0 Å². The van der Waals surface area contributed by atoms with E-state index in [1.54, 1.807) is 0 Å². The molecular formula is C28H27NO3. The van der Waals surface area contributed by atoms with Gasteiger partial charge in [-0.25, -0.2) is 0 Å². The molecule has 2 heterocycles. The third-order valence-electron chi connectivity index (χ3n) is 6.29. The van der Waals surface area contributed by atoms with Crippen LogP contribution in [-0.4, -0.2) is 36.6 Å². The lowest BCUT2D eigenvalue weighted by Gasteiger charge is -2.35. The molecule has 0 N–H and O–H groups in total. The molecule has 3 aromatic rings. The zero-order valence-corrected chi connectivity index (χ0v) is 18.3. The molecule has 3 aromatic carbocycles. The van der Waals surface area contributed by atoms with Crippen LogP contribution in [0.2, 0.25) is 0 Å². The Balaban J connectivity index is 1.38. The summed E-state index contributed by atoms with van der Waals surface area (Å²) in [6.07, 6.45) is 3.96. The summed E-state index contributed by atoms with van der Waals surface area (Å²) in [7, 11) is 0. The Morgan fingerprint density at radius 1 is 0.875 bits per heavy atom. The van der Waals surface area contributed by atoms with E-state index in [0.717, 1.165) is 12.8 Å². The summed E-state index contributed by atoms with van der Waals surface area (Å²) >= 11 is 0.